The molecule has 0 N–H and O–H groups in total. The molecular weight excluding hydrogens is 160 g/mol. The zero-order valence-corrected chi connectivity index (χ0v) is 7.83. The number of hydrogen-bond acceptors (Lipinski definition) is 0. The van der Waals surface area contributed by atoms with Gasteiger partial charge in [-0.25, -0.2) is 5.11 Å². The Morgan fingerprint density at radius 3 is 2.54 bits per heavy atom. The summed E-state index contributed by atoms with van der Waals surface area (Å²) in [6.07, 6.45) is 5.21. The fourth-order valence-corrected chi connectivity index (χ4v) is 2.30. The third-order valence-electron chi connectivity index (χ3n) is 3.01. The molecule has 1 aromatic carbocycles. The van der Waals surface area contributed by atoms with Crippen molar-refractivity contribution in [3.8, 4) is 0 Å². The lowest BCUT2D eigenvalue weighted by molar-refractivity contribution is 0.176. The van der Waals surface area contributed by atoms with Crippen LogP contribution in [0, 0.1) is 0 Å². The molecule has 1 heteroatoms. The van der Waals surface area contributed by atoms with Crippen LogP contribution in [0.3, 0.4) is 0 Å². The molecule has 0 spiro atoms. The van der Waals surface area contributed by atoms with Crippen LogP contribution in [-0.2, 0) is 11.7 Å². The van der Waals surface area contributed by atoms with Crippen LogP contribution in [0.25, 0.3) is 0 Å². The molecule has 0 aromatic heterocycles. The van der Waals surface area contributed by atoms with Crippen molar-refractivity contribution >= 4 is 0 Å². The Labute approximate surface area is 79.4 Å². The van der Waals surface area contributed by atoms with Gasteiger partial charge in [-0.1, -0.05) is 37.1 Å². The third-order valence-corrected chi connectivity index (χ3v) is 3.01. The van der Waals surface area contributed by atoms with Gasteiger partial charge >= 0.3 is 0 Å². The molecule has 1 aromatic rings. The maximum atomic E-state index is 10.9. The summed E-state index contributed by atoms with van der Waals surface area (Å²) in [5.41, 5.74) is 2.32. The molecule has 0 aliphatic heterocycles. The summed E-state index contributed by atoms with van der Waals surface area (Å²) in [4.78, 5) is 0. The van der Waals surface area contributed by atoms with Gasteiger partial charge in [0.15, 0.2) is 0 Å². The summed E-state index contributed by atoms with van der Waals surface area (Å²) in [6, 6.07) is 8.11. The second kappa shape index (κ2) is 3.93. The summed E-state index contributed by atoms with van der Waals surface area (Å²) in [5.74, 6) is 0.671. The Hall–Kier alpha value is -0.820. The standard InChI is InChI=1S/C12H15O/c13-9-11-7-3-4-8-12(11)10-5-1-2-6-10/h3-4,7-8,10H,1-2,5-6,9H2. The lowest BCUT2D eigenvalue weighted by Gasteiger charge is -2.12. The topological polar surface area (TPSA) is 19.9 Å². The first-order valence-corrected chi connectivity index (χ1v) is 5.07. The fourth-order valence-electron chi connectivity index (χ4n) is 2.30. The Balaban J connectivity index is 2.26. The van der Waals surface area contributed by atoms with E-state index in [9.17, 15) is 5.11 Å². The summed E-state index contributed by atoms with van der Waals surface area (Å²) in [7, 11) is 0. The van der Waals surface area contributed by atoms with E-state index in [1.54, 1.807) is 0 Å². The highest BCUT2D eigenvalue weighted by atomic mass is 16.3. The average molecular weight is 175 g/mol. The molecule has 2 rings (SSSR count). The minimum absolute atomic E-state index is 0.0628. The highest BCUT2D eigenvalue weighted by Crippen LogP contribution is 2.35. The molecule has 1 aliphatic rings. The molecule has 0 amide bonds. The smallest absolute Gasteiger partial charge is 0.108 e. The fraction of sp³-hybridized carbons (Fsp3) is 0.500. The van der Waals surface area contributed by atoms with E-state index in [0.717, 1.165) is 5.56 Å². The van der Waals surface area contributed by atoms with Gasteiger partial charge in [-0.3, -0.25) is 0 Å². The van der Waals surface area contributed by atoms with E-state index in [2.05, 4.69) is 6.07 Å². The molecule has 1 fully saturated rings. The number of hydrogen-bond donors (Lipinski definition) is 0. The predicted octanol–water partition coefficient (Wildman–Crippen LogP) is 3.27. The zero-order chi connectivity index (χ0) is 9.10. The second-order valence-electron chi connectivity index (χ2n) is 3.82. The van der Waals surface area contributed by atoms with Crippen molar-refractivity contribution in [2.24, 2.45) is 0 Å². The highest BCUT2D eigenvalue weighted by Gasteiger charge is 2.18. The van der Waals surface area contributed by atoms with Gasteiger partial charge in [0.2, 0.25) is 0 Å². The average Bonchev–Trinajstić information content (AvgIpc) is 2.70. The maximum absolute atomic E-state index is 10.9. The molecular formula is C12H15O. The van der Waals surface area contributed by atoms with Crippen molar-refractivity contribution in [2.75, 3.05) is 0 Å². The Bertz CT molecular complexity index is 274. The first-order valence-electron chi connectivity index (χ1n) is 5.07. The van der Waals surface area contributed by atoms with Crippen LogP contribution in [-0.4, -0.2) is 0 Å². The van der Waals surface area contributed by atoms with Gasteiger partial charge in [-0.15, -0.1) is 0 Å². The van der Waals surface area contributed by atoms with Gasteiger partial charge in [0.05, 0.1) is 0 Å². The Kier molecular flexibility index (Phi) is 2.65. The second-order valence-corrected chi connectivity index (χ2v) is 3.82. The van der Waals surface area contributed by atoms with Crippen LogP contribution in [0.1, 0.15) is 42.7 Å². The monoisotopic (exact) mass is 175 g/mol. The SMILES string of the molecule is [O]Cc1ccccc1C1CCCC1. The van der Waals surface area contributed by atoms with E-state index in [4.69, 9.17) is 0 Å². The van der Waals surface area contributed by atoms with E-state index in [-0.39, 0.29) is 6.61 Å². The molecule has 69 valence electrons. The molecule has 1 saturated carbocycles. The van der Waals surface area contributed by atoms with E-state index in [1.165, 1.54) is 31.2 Å². The highest BCUT2D eigenvalue weighted by molar-refractivity contribution is 5.30. The van der Waals surface area contributed by atoms with Gasteiger partial charge in [-0.2, -0.15) is 0 Å². The third kappa shape index (κ3) is 1.75. The Morgan fingerprint density at radius 2 is 1.85 bits per heavy atom. The lowest BCUT2D eigenvalue weighted by atomic mass is 9.93. The van der Waals surface area contributed by atoms with Gasteiger partial charge in [0, 0.05) is 0 Å². The van der Waals surface area contributed by atoms with E-state index in [0.29, 0.717) is 5.92 Å². The van der Waals surface area contributed by atoms with Crippen molar-refractivity contribution in [3.63, 3.8) is 0 Å². The van der Waals surface area contributed by atoms with Gasteiger partial charge in [0.25, 0.3) is 0 Å². The Morgan fingerprint density at radius 1 is 1.15 bits per heavy atom. The first-order chi connectivity index (χ1) is 6.42. The van der Waals surface area contributed by atoms with Crippen molar-refractivity contribution in [1.29, 1.82) is 0 Å². The quantitative estimate of drug-likeness (QED) is 0.657. The van der Waals surface area contributed by atoms with Crippen LogP contribution < -0.4 is 0 Å². The van der Waals surface area contributed by atoms with Gasteiger partial charge in [-0.05, 0) is 29.9 Å². The van der Waals surface area contributed by atoms with E-state index >= 15 is 0 Å². The van der Waals surface area contributed by atoms with Gasteiger partial charge < -0.3 is 0 Å². The normalized spacial score (nSPS) is 17.9. The largest absolute Gasteiger partial charge is 0.232 e. The minimum atomic E-state index is -0.0628. The molecule has 1 radical (unpaired) electrons. The predicted molar refractivity (Wildman–Crippen MR) is 52.0 cm³/mol. The summed E-state index contributed by atoms with van der Waals surface area (Å²) < 4.78 is 0. The maximum Gasteiger partial charge on any atom is 0.108 e. The summed E-state index contributed by atoms with van der Waals surface area (Å²) in [5, 5.41) is 10.9. The number of benzene rings is 1. The molecule has 0 bridgehead atoms. The van der Waals surface area contributed by atoms with Crippen LogP contribution in [0.2, 0.25) is 0 Å². The summed E-state index contributed by atoms with van der Waals surface area (Å²) in [6.45, 7) is -0.0628. The molecule has 0 heterocycles. The van der Waals surface area contributed by atoms with Crippen LogP contribution in [0.5, 0.6) is 0 Å². The molecule has 0 atom stereocenters. The van der Waals surface area contributed by atoms with E-state index in [1.807, 2.05) is 18.2 Å². The molecule has 0 unspecified atom stereocenters. The molecule has 13 heavy (non-hydrogen) atoms. The zero-order valence-electron chi connectivity index (χ0n) is 7.83. The molecule has 0 saturated heterocycles. The van der Waals surface area contributed by atoms with Crippen molar-refractivity contribution < 1.29 is 5.11 Å². The molecule has 1 aliphatic carbocycles. The van der Waals surface area contributed by atoms with Crippen LogP contribution in [0.15, 0.2) is 24.3 Å². The summed E-state index contributed by atoms with van der Waals surface area (Å²) >= 11 is 0. The van der Waals surface area contributed by atoms with Crippen molar-refractivity contribution in [3.05, 3.63) is 35.4 Å². The van der Waals surface area contributed by atoms with Crippen molar-refractivity contribution in [2.45, 2.75) is 38.2 Å². The van der Waals surface area contributed by atoms with Crippen LogP contribution >= 0.6 is 0 Å². The molecule has 1 nitrogen and oxygen atoms in total. The first kappa shape index (κ1) is 8.76. The van der Waals surface area contributed by atoms with E-state index < -0.39 is 0 Å². The van der Waals surface area contributed by atoms with Gasteiger partial charge in [0.1, 0.15) is 6.61 Å². The van der Waals surface area contributed by atoms with Crippen molar-refractivity contribution in [1.82, 2.24) is 0 Å². The van der Waals surface area contributed by atoms with Crippen LogP contribution in [0.4, 0.5) is 0 Å². The minimum Gasteiger partial charge on any atom is -0.232 e. The number of rotatable bonds is 2. The lowest BCUT2D eigenvalue weighted by Crippen LogP contribution is -1.97.